The van der Waals surface area contributed by atoms with Crippen LogP contribution in [0.25, 0.3) is 11.6 Å². The molecular formula is C17H16. The second kappa shape index (κ2) is 4.84. The highest BCUT2D eigenvalue weighted by atomic mass is 14.2. The number of rotatable bonds is 3. The first kappa shape index (κ1) is 11.4. The summed E-state index contributed by atoms with van der Waals surface area (Å²) in [5, 5.41) is 0. The van der Waals surface area contributed by atoms with Crippen LogP contribution in [0.1, 0.15) is 18.1 Å². The van der Waals surface area contributed by atoms with E-state index in [0.29, 0.717) is 0 Å². The monoisotopic (exact) mass is 220 g/mol. The Morgan fingerprint density at radius 2 is 2.00 bits per heavy atom. The van der Waals surface area contributed by atoms with E-state index in [1.54, 1.807) is 6.08 Å². The highest BCUT2D eigenvalue weighted by molar-refractivity contribution is 5.97. The Balaban J connectivity index is 2.41. The number of fused-ring (bicyclic) bond motifs is 1. The van der Waals surface area contributed by atoms with Gasteiger partial charge in [0.25, 0.3) is 0 Å². The molecule has 0 bridgehead atoms. The van der Waals surface area contributed by atoms with Gasteiger partial charge in [0.05, 0.1) is 0 Å². The number of hydrogen-bond donors (Lipinski definition) is 0. The Labute approximate surface area is 103 Å². The summed E-state index contributed by atoms with van der Waals surface area (Å²) in [6.07, 6.45) is 10.1. The summed E-state index contributed by atoms with van der Waals surface area (Å²) in [4.78, 5) is 0. The van der Waals surface area contributed by atoms with Gasteiger partial charge in [0.1, 0.15) is 0 Å². The van der Waals surface area contributed by atoms with Crippen LogP contribution in [-0.4, -0.2) is 0 Å². The van der Waals surface area contributed by atoms with Gasteiger partial charge in [-0.25, -0.2) is 0 Å². The highest BCUT2D eigenvalue weighted by Crippen LogP contribution is 2.38. The van der Waals surface area contributed by atoms with Gasteiger partial charge in [-0.2, -0.15) is 0 Å². The zero-order valence-corrected chi connectivity index (χ0v) is 10.1. The largest absolute Gasteiger partial charge is 0.0991 e. The van der Waals surface area contributed by atoms with E-state index in [-0.39, 0.29) is 0 Å². The zero-order chi connectivity index (χ0) is 12.3. The third kappa shape index (κ3) is 2.07. The highest BCUT2D eigenvalue weighted by Gasteiger charge is 2.17. The Bertz CT molecular complexity index is 551. The van der Waals surface area contributed by atoms with Crippen molar-refractivity contribution in [3.63, 3.8) is 0 Å². The SMILES string of the molecule is C=C/C=C\C(=C/C)C1=Cc2ccccc2C1=C. The molecule has 0 unspecified atom stereocenters. The molecule has 0 N–H and O–H groups in total. The summed E-state index contributed by atoms with van der Waals surface area (Å²) in [6, 6.07) is 8.35. The van der Waals surface area contributed by atoms with Crippen LogP contribution in [0.2, 0.25) is 0 Å². The van der Waals surface area contributed by atoms with E-state index in [9.17, 15) is 0 Å². The van der Waals surface area contributed by atoms with Crippen LogP contribution in [0.4, 0.5) is 0 Å². The summed E-state index contributed by atoms with van der Waals surface area (Å²) in [7, 11) is 0. The smallest absolute Gasteiger partial charge is 0.0108 e. The molecule has 0 saturated carbocycles. The fraction of sp³-hybridized carbons (Fsp3) is 0.0588. The average Bonchev–Trinajstić information content (AvgIpc) is 2.69. The molecule has 1 aromatic carbocycles. The quantitative estimate of drug-likeness (QED) is 0.643. The minimum atomic E-state index is 1.10. The molecule has 0 amide bonds. The van der Waals surface area contributed by atoms with Crippen LogP contribution < -0.4 is 0 Å². The fourth-order valence-corrected chi connectivity index (χ4v) is 2.06. The van der Waals surface area contributed by atoms with E-state index in [2.05, 4.69) is 55.7 Å². The van der Waals surface area contributed by atoms with Crippen LogP contribution in [0.5, 0.6) is 0 Å². The van der Waals surface area contributed by atoms with Crippen LogP contribution >= 0.6 is 0 Å². The second-order valence-corrected chi connectivity index (χ2v) is 3.96. The van der Waals surface area contributed by atoms with Crippen molar-refractivity contribution in [3.8, 4) is 0 Å². The van der Waals surface area contributed by atoms with E-state index in [4.69, 9.17) is 0 Å². The van der Waals surface area contributed by atoms with Crippen LogP contribution in [0.15, 0.2) is 72.9 Å². The van der Waals surface area contributed by atoms with Crippen LogP contribution in [-0.2, 0) is 0 Å². The van der Waals surface area contributed by atoms with E-state index in [1.165, 1.54) is 22.3 Å². The first-order chi connectivity index (χ1) is 8.27. The molecule has 0 atom stereocenters. The second-order valence-electron chi connectivity index (χ2n) is 3.96. The van der Waals surface area contributed by atoms with E-state index in [0.717, 1.165) is 5.57 Å². The molecule has 1 aliphatic rings. The molecule has 0 saturated heterocycles. The Kier molecular flexibility index (Phi) is 3.24. The maximum Gasteiger partial charge on any atom is -0.0108 e. The van der Waals surface area contributed by atoms with Crippen molar-refractivity contribution in [3.05, 3.63) is 84.0 Å². The van der Waals surface area contributed by atoms with Gasteiger partial charge in [-0.1, -0.05) is 61.7 Å². The molecule has 2 rings (SSSR count). The molecule has 0 nitrogen and oxygen atoms in total. The van der Waals surface area contributed by atoms with Gasteiger partial charge in [-0.3, -0.25) is 0 Å². The predicted octanol–water partition coefficient (Wildman–Crippen LogP) is 4.79. The summed E-state index contributed by atoms with van der Waals surface area (Å²) < 4.78 is 0. The van der Waals surface area contributed by atoms with Crippen LogP contribution in [0.3, 0.4) is 0 Å². The molecule has 17 heavy (non-hydrogen) atoms. The Morgan fingerprint density at radius 3 is 2.65 bits per heavy atom. The number of allylic oxidation sites excluding steroid dienone is 7. The third-order valence-corrected chi connectivity index (χ3v) is 2.94. The van der Waals surface area contributed by atoms with Crippen LogP contribution in [0, 0.1) is 0 Å². The summed E-state index contributed by atoms with van der Waals surface area (Å²) in [6.45, 7) is 9.92. The van der Waals surface area contributed by atoms with E-state index < -0.39 is 0 Å². The topological polar surface area (TPSA) is 0 Å². The van der Waals surface area contributed by atoms with E-state index >= 15 is 0 Å². The molecule has 1 aromatic rings. The van der Waals surface area contributed by atoms with Gasteiger partial charge in [-0.05, 0) is 40.8 Å². The predicted molar refractivity (Wildman–Crippen MR) is 76.5 cm³/mol. The summed E-state index contributed by atoms with van der Waals surface area (Å²) in [5.41, 5.74) is 5.97. The summed E-state index contributed by atoms with van der Waals surface area (Å²) in [5.74, 6) is 0. The molecule has 0 fully saturated rings. The van der Waals surface area contributed by atoms with E-state index in [1.807, 2.05) is 13.0 Å². The van der Waals surface area contributed by atoms with Crippen molar-refractivity contribution in [1.82, 2.24) is 0 Å². The van der Waals surface area contributed by atoms with Gasteiger partial charge in [0.2, 0.25) is 0 Å². The molecule has 0 aromatic heterocycles. The Hall–Kier alpha value is -2.08. The first-order valence-corrected chi connectivity index (χ1v) is 5.74. The zero-order valence-electron chi connectivity index (χ0n) is 10.1. The number of hydrogen-bond acceptors (Lipinski definition) is 0. The molecule has 0 heteroatoms. The lowest BCUT2D eigenvalue weighted by atomic mass is 9.98. The third-order valence-electron chi connectivity index (χ3n) is 2.94. The molecule has 0 radical (unpaired) electrons. The van der Waals surface area contributed by atoms with Gasteiger partial charge in [-0.15, -0.1) is 0 Å². The molecule has 0 heterocycles. The maximum absolute atomic E-state index is 4.19. The standard InChI is InChI=1S/C17H16/c1-4-6-9-14(5-2)17-12-15-10-7-8-11-16(15)13(17)3/h4-12H,1,3H2,2H3/b9-6-,14-5+. The Morgan fingerprint density at radius 1 is 1.24 bits per heavy atom. The minimum absolute atomic E-state index is 1.10. The molecule has 84 valence electrons. The van der Waals surface area contributed by atoms with Gasteiger partial charge >= 0.3 is 0 Å². The fourth-order valence-electron chi connectivity index (χ4n) is 2.06. The lowest BCUT2D eigenvalue weighted by molar-refractivity contribution is 1.54. The average molecular weight is 220 g/mol. The van der Waals surface area contributed by atoms with Gasteiger partial charge in [0.15, 0.2) is 0 Å². The summed E-state index contributed by atoms with van der Waals surface area (Å²) >= 11 is 0. The normalized spacial score (nSPS) is 15.0. The van der Waals surface area contributed by atoms with Gasteiger partial charge in [0, 0.05) is 0 Å². The molecule has 0 aliphatic heterocycles. The van der Waals surface area contributed by atoms with Gasteiger partial charge < -0.3 is 0 Å². The van der Waals surface area contributed by atoms with Crippen molar-refractivity contribution in [2.24, 2.45) is 0 Å². The van der Waals surface area contributed by atoms with Crippen molar-refractivity contribution in [2.75, 3.05) is 0 Å². The van der Waals surface area contributed by atoms with Crippen molar-refractivity contribution in [2.45, 2.75) is 6.92 Å². The number of benzene rings is 1. The molecule has 1 aliphatic carbocycles. The van der Waals surface area contributed by atoms with Crippen molar-refractivity contribution in [1.29, 1.82) is 0 Å². The minimum Gasteiger partial charge on any atom is -0.0991 e. The van der Waals surface area contributed by atoms with Crippen molar-refractivity contribution >= 4 is 11.6 Å². The lowest BCUT2D eigenvalue weighted by Crippen LogP contribution is -1.85. The molecular weight excluding hydrogens is 204 g/mol. The first-order valence-electron chi connectivity index (χ1n) is 5.74. The molecule has 0 spiro atoms. The van der Waals surface area contributed by atoms with Crippen molar-refractivity contribution < 1.29 is 0 Å². The maximum atomic E-state index is 4.19. The lowest BCUT2D eigenvalue weighted by Gasteiger charge is -2.06.